The summed E-state index contributed by atoms with van der Waals surface area (Å²) in [5, 5.41) is 10.1. The van der Waals surface area contributed by atoms with Crippen LogP contribution in [0.3, 0.4) is 0 Å². The fourth-order valence-electron chi connectivity index (χ4n) is 3.35. The van der Waals surface area contributed by atoms with Gasteiger partial charge >= 0.3 is 0 Å². The lowest BCUT2D eigenvalue weighted by Crippen LogP contribution is -2.11. The van der Waals surface area contributed by atoms with E-state index in [1.54, 1.807) is 18.3 Å². The van der Waals surface area contributed by atoms with Gasteiger partial charge in [0, 0.05) is 28.3 Å². The highest BCUT2D eigenvalue weighted by atomic mass is 32.1. The second kappa shape index (κ2) is 8.38. The number of carbonyl (C=O) groups excluding carboxylic acids is 1. The van der Waals surface area contributed by atoms with Crippen molar-refractivity contribution in [1.82, 2.24) is 14.8 Å². The van der Waals surface area contributed by atoms with Gasteiger partial charge in [0.1, 0.15) is 0 Å². The Bertz CT molecular complexity index is 1300. The minimum atomic E-state index is -0.185. The number of hydrogen-bond donors (Lipinski definition) is 1. The normalized spacial score (nSPS) is 10.7. The number of benzene rings is 3. The molecule has 6 heteroatoms. The van der Waals surface area contributed by atoms with E-state index in [9.17, 15) is 4.79 Å². The summed E-state index contributed by atoms with van der Waals surface area (Å²) in [6, 6.07) is 29.8. The number of nitrogens with one attached hydrogen (secondary N) is 1. The number of carbonyl (C=O) groups is 1. The first-order chi connectivity index (χ1) is 15.3. The van der Waals surface area contributed by atoms with Gasteiger partial charge in [-0.25, -0.2) is 9.67 Å². The SMILES string of the molecule is O=C(Nc1nccs1)c1ccc(-n2nc(-c3ccccc3)cc2-c2ccccc2)cc1. The lowest BCUT2D eigenvalue weighted by atomic mass is 10.1. The van der Waals surface area contributed by atoms with Gasteiger partial charge in [0.2, 0.25) is 0 Å². The summed E-state index contributed by atoms with van der Waals surface area (Å²) in [5.41, 5.74) is 5.45. The number of thiazole rings is 1. The zero-order valence-electron chi connectivity index (χ0n) is 16.5. The molecule has 0 bridgehead atoms. The molecule has 5 nitrogen and oxygen atoms in total. The van der Waals surface area contributed by atoms with Crippen molar-refractivity contribution in [3.63, 3.8) is 0 Å². The maximum atomic E-state index is 12.5. The van der Waals surface area contributed by atoms with Crippen LogP contribution in [0.25, 0.3) is 28.2 Å². The summed E-state index contributed by atoms with van der Waals surface area (Å²) < 4.78 is 1.92. The van der Waals surface area contributed by atoms with Crippen molar-refractivity contribution in [3.8, 4) is 28.2 Å². The smallest absolute Gasteiger partial charge is 0.257 e. The zero-order chi connectivity index (χ0) is 21.0. The number of nitrogens with zero attached hydrogens (tertiary/aromatic N) is 3. The number of anilines is 1. The van der Waals surface area contributed by atoms with Crippen LogP contribution in [0.1, 0.15) is 10.4 Å². The first kappa shape index (κ1) is 19.0. The third-order valence-corrected chi connectivity index (χ3v) is 5.56. The zero-order valence-corrected chi connectivity index (χ0v) is 17.3. The molecule has 0 spiro atoms. The van der Waals surface area contributed by atoms with Crippen molar-refractivity contribution in [1.29, 1.82) is 0 Å². The molecule has 1 N–H and O–H groups in total. The van der Waals surface area contributed by atoms with E-state index in [2.05, 4.69) is 28.5 Å². The van der Waals surface area contributed by atoms with E-state index in [1.807, 2.05) is 70.7 Å². The molecule has 3 aromatic carbocycles. The maximum Gasteiger partial charge on any atom is 0.257 e. The van der Waals surface area contributed by atoms with E-state index in [1.165, 1.54) is 11.3 Å². The summed E-state index contributed by atoms with van der Waals surface area (Å²) in [6.45, 7) is 0. The standard InChI is InChI=1S/C25H18N4OS/c30-24(27-25-26-15-16-31-25)20-11-13-21(14-12-20)29-23(19-9-5-2-6-10-19)17-22(28-29)18-7-3-1-4-8-18/h1-17H,(H,26,27,30). The highest BCUT2D eigenvalue weighted by Gasteiger charge is 2.14. The first-order valence-electron chi connectivity index (χ1n) is 9.80. The summed E-state index contributed by atoms with van der Waals surface area (Å²) in [4.78, 5) is 16.6. The molecule has 1 amide bonds. The Morgan fingerprint density at radius 3 is 2.16 bits per heavy atom. The van der Waals surface area contributed by atoms with Gasteiger partial charge in [0.15, 0.2) is 5.13 Å². The van der Waals surface area contributed by atoms with Crippen LogP contribution in [0.4, 0.5) is 5.13 Å². The van der Waals surface area contributed by atoms with Gasteiger partial charge in [-0.15, -0.1) is 11.3 Å². The average Bonchev–Trinajstić information content (AvgIpc) is 3.51. The predicted octanol–water partition coefficient (Wildman–Crippen LogP) is 5.92. The molecular formula is C25H18N4OS. The molecule has 0 unspecified atom stereocenters. The van der Waals surface area contributed by atoms with Crippen molar-refractivity contribution >= 4 is 22.4 Å². The third kappa shape index (κ3) is 4.01. The van der Waals surface area contributed by atoms with Crippen LogP contribution in [0.2, 0.25) is 0 Å². The molecule has 5 rings (SSSR count). The predicted molar refractivity (Wildman–Crippen MR) is 125 cm³/mol. The van der Waals surface area contributed by atoms with Crippen molar-refractivity contribution in [2.45, 2.75) is 0 Å². The minimum Gasteiger partial charge on any atom is -0.298 e. The van der Waals surface area contributed by atoms with E-state index < -0.39 is 0 Å². The highest BCUT2D eigenvalue weighted by molar-refractivity contribution is 7.13. The molecule has 2 aromatic heterocycles. The molecule has 0 saturated heterocycles. The Kier molecular flexibility index (Phi) is 5.12. The van der Waals surface area contributed by atoms with Crippen LogP contribution >= 0.6 is 11.3 Å². The number of rotatable bonds is 5. The number of aromatic nitrogens is 3. The Morgan fingerprint density at radius 2 is 1.52 bits per heavy atom. The molecule has 0 radical (unpaired) electrons. The Labute approximate surface area is 183 Å². The molecule has 150 valence electrons. The third-order valence-electron chi connectivity index (χ3n) is 4.88. The number of amides is 1. The minimum absolute atomic E-state index is 0.185. The van der Waals surface area contributed by atoms with Crippen molar-refractivity contribution < 1.29 is 4.79 Å². The van der Waals surface area contributed by atoms with E-state index in [0.29, 0.717) is 10.7 Å². The van der Waals surface area contributed by atoms with E-state index in [-0.39, 0.29) is 5.91 Å². The molecule has 31 heavy (non-hydrogen) atoms. The van der Waals surface area contributed by atoms with Crippen LogP contribution in [0.5, 0.6) is 0 Å². The van der Waals surface area contributed by atoms with Crippen LogP contribution < -0.4 is 5.32 Å². The summed E-state index contributed by atoms with van der Waals surface area (Å²) in [6.07, 6.45) is 1.66. The molecular weight excluding hydrogens is 404 g/mol. The first-order valence-corrected chi connectivity index (χ1v) is 10.7. The topological polar surface area (TPSA) is 59.8 Å². The molecule has 5 aromatic rings. The van der Waals surface area contributed by atoms with Gasteiger partial charge in [-0.3, -0.25) is 10.1 Å². The molecule has 0 saturated carbocycles. The van der Waals surface area contributed by atoms with Crippen molar-refractivity contribution in [3.05, 3.63) is 108 Å². The van der Waals surface area contributed by atoms with Gasteiger partial charge in [0.25, 0.3) is 5.91 Å². The molecule has 0 fully saturated rings. The van der Waals surface area contributed by atoms with E-state index in [4.69, 9.17) is 5.10 Å². The van der Waals surface area contributed by atoms with Crippen LogP contribution in [0.15, 0.2) is 103 Å². The highest BCUT2D eigenvalue weighted by Crippen LogP contribution is 2.28. The second-order valence-corrected chi connectivity index (χ2v) is 7.79. The Morgan fingerprint density at radius 1 is 0.839 bits per heavy atom. The Balaban J connectivity index is 1.51. The summed E-state index contributed by atoms with van der Waals surface area (Å²) in [7, 11) is 0. The van der Waals surface area contributed by atoms with Gasteiger partial charge in [-0.1, -0.05) is 60.7 Å². The van der Waals surface area contributed by atoms with Gasteiger partial charge in [-0.05, 0) is 30.3 Å². The maximum absolute atomic E-state index is 12.5. The second-order valence-electron chi connectivity index (χ2n) is 6.90. The molecule has 0 aliphatic heterocycles. The lowest BCUT2D eigenvalue weighted by Gasteiger charge is -2.09. The molecule has 0 aliphatic carbocycles. The lowest BCUT2D eigenvalue weighted by molar-refractivity contribution is 0.102. The van der Waals surface area contributed by atoms with Crippen molar-refractivity contribution in [2.24, 2.45) is 0 Å². The Hall–Kier alpha value is -4.03. The fourth-order valence-corrected chi connectivity index (χ4v) is 3.87. The average molecular weight is 423 g/mol. The summed E-state index contributed by atoms with van der Waals surface area (Å²) in [5.74, 6) is -0.185. The van der Waals surface area contributed by atoms with Crippen LogP contribution in [-0.2, 0) is 0 Å². The van der Waals surface area contributed by atoms with Crippen LogP contribution in [-0.4, -0.2) is 20.7 Å². The van der Waals surface area contributed by atoms with Crippen LogP contribution in [0, 0.1) is 0 Å². The molecule has 2 heterocycles. The van der Waals surface area contributed by atoms with Gasteiger partial charge in [0.05, 0.1) is 17.1 Å². The van der Waals surface area contributed by atoms with E-state index >= 15 is 0 Å². The molecule has 0 aliphatic rings. The number of hydrogen-bond acceptors (Lipinski definition) is 4. The molecule has 0 atom stereocenters. The quantitative estimate of drug-likeness (QED) is 0.383. The van der Waals surface area contributed by atoms with Gasteiger partial charge < -0.3 is 0 Å². The van der Waals surface area contributed by atoms with Gasteiger partial charge in [-0.2, -0.15) is 5.10 Å². The largest absolute Gasteiger partial charge is 0.298 e. The fraction of sp³-hybridized carbons (Fsp3) is 0. The van der Waals surface area contributed by atoms with Crippen molar-refractivity contribution in [2.75, 3.05) is 5.32 Å². The monoisotopic (exact) mass is 422 g/mol. The summed E-state index contributed by atoms with van der Waals surface area (Å²) >= 11 is 1.39. The van der Waals surface area contributed by atoms with E-state index in [0.717, 1.165) is 28.2 Å².